The smallest absolute Gasteiger partial charge is 0.356 e. The summed E-state index contributed by atoms with van der Waals surface area (Å²) in [4.78, 5) is 1.58. The predicted molar refractivity (Wildman–Crippen MR) is 200 cm³/mol. The van der Waals surface area contributed by atoms with Gasteiger partial charge >= 0.3 is 17.8 Å². The number of hydrogen-bond donors (Lipinski definition) is 2. The Kier molecular flexibility index (Phi) is 8.66. The maximum Gasteiger partial charge on any atom is 0.380 e. The molecule has 0 amide bonds. The first kappa shape index (κ1) is 34.6. The van der Waals surface area contributed by atoms with Gasteiger partial charge in [0.2, 0.25) is 0 Å². The zero-order valence-electron chi connectivity index (χ0n) is 28.0. The van der Waals surface area contributed by atoms with Gasteiger partial charge in [-0.15, -0.1) is 22.7 Å². The molecule has 0 bridgehead atoms. The second-order valence-corrected chi connectivity index (χ2v) is 15.0. The minimum absolute atomic E-state index is 0.245. The van der Waals surface area contributed by atoms with Gasteiger partial charge < -0.3 is 10.6 Å². The molecule has 0 radical (unpaired) electrons. The third-order valence-electron chi connectivity index (χ3n) is 9.23. The molecule has 51 heavy (non-hydrogen) atoms. The van der Waals surface area contributed by atoms with Crippen molar-refractivity contribution in [2.75, 3.05) is 10.6 Å². The first-order chi connectivity index (χ1) is 24.2. The Bertz CT molecular complexity index is 2090. The minimum Gasteiger partial charge on any atom is -0.356 e. The van der Waals surface area contributed by atoms with Crippen molar-refractivity contribution in [2.24, 2.45) is 0 Å². The van der Waals surface area contributed by atoms with Crippen LogP contribution in [0.15, 0.2) is 109 Å². The van der Waals surface area contributed by atoms with Gasteiger partial charge in [0.25, 0.3) is 0 Å². The quantitative estimate of drug-likeness (QED) is 0.152. The Morgan fingerprint density at radius 1 is 0.431 bits per heavy atom. The Labute approximate surface area is 300 Å². The molecule has 0 saturated carbocycles. The van der Waals surface area contributed by atoms with E-state index in [2.05, 4.69) is 10.6 Å². The van der Waals surface area contributed by atoms with E-state index < -0.39 is 28.9 Å². The van der Waals surface area contributed by atoms with Crippen LogP contribution in [0.5, 0.6) is 0 Å². The van der Waals surface area contributed by atoms with Crippen molar-refractivity contribution < 1.29 is 26.3 Å². The van der Waals surface area contributed by atoms with Gasteiger partial charge in [0.1, 0.15) is 0 Å². The van der Waals surface area contributed by atoms with Crippen LogP contribution in [0.4, 0.5) is 49.1 Å². The SMILES string of the molecule is Cc1sc(-c2ccc(Nc3ccccc3)cc2)c(C)c1C1=C(c2c(C)sc(-c3ccc(Nc4ccccc4)cc3)c2C)C(F)(F)C(F)(F)C1(F)F. The fourth-order valence-corrected chi connectivity index (χ4v) is 9.11. The Morgan fingerprint density at radius 3 is 1.08 bits per heavy atom. The van der Waals surface area contributed by atoms with Crippen LogP contribution in [-0.2, 0) is 0 Å². The standard InChI is InChI=1S/C41H32F6N2S2/c1-23-33(25(3)50-37(23)27-15-19-31(20-16-27)48-29-11-7-5-8-12-29)35-36(40(44,45)41(46,47)39(35,42)43)34-24(2)38(51-26(34)4)28-17-21-32(22-18-28)49-30-13-9-6-10-14-30/h5-22,48-49H,1-4H3. The van der Waals surface area contributed by atoms with E-state index in [9.17, 15) is 0 Å². The number of alkyl halides is 6. The maximum atomic E-state index is 16.1. The monoisotopic (exact) mass is 730 g/mol. The van der Waals surface area contributed by atoms with Crippen LogP contribution in [0.2, 0.25) is 0 Å². The third kappa shape index (κ3) is 5.74. The lowest BCUT2D eigenvalue weighted by Crippen LogP contribution is -2.49. The van der Waals surface area contributed by atoms with E-state index in [1.54, 1.807) is 24.3 Å². The zero-order chi connectivity index (χ0) is 36.3. The number of thiophene rings is 2. The molecule has 7 rings (SSSR count). The van der Waals surface area contributed by atoms with Gasteiger partial charge in [0, 0.05) is 64.5 Å². The normalized spacial score (nSPS) is 16.0. The highest BCUT2D eigenvalue weighted by atomic mass is 32.1. The second kappa shape index (κ2) is 12.8. The molecular formula is C41H32F6N2S2. The van der Waals surface area contributed by atoms with Gasteiger partial charge in [-0.1, -0.05) is 60.7 Å². The van der Waals surface area contributed by atoms with Crippen LogP contribution in [-0.4, -0.2) is 17.8 Å². The van der Waals surface area contributed by atoms with Gasteiger partial charge in [-0.3, -0.25) is 0 Å². The molecule has 0 aliphatic heterocycles. The van der Waals surface area contributed by atoms with Crippen LogP contribution in [0.25, 0.3) is 32.0 Å². The van der Waals surface area contributed by atoms with E-state index in [4.69, 9.17) is 0 Å². The summed E-state index contributed by atoms with van der Waals surface area (Å²) in [5.41, 5.74) is 1.97. The summed E-state index contributed by atoms with van der Waals surface area (Å²) < 4.78 is 95.1. The third-order valence-corrected chi connectivity index (χ3v) is 11.7. The molecule has 260 valence electrons. The van der Waals surface area contributed by atoms with Crippen molar-refractivity contribution >= 4 is 56.6 Å². The Hall–Kier alpha value is -4.80. The number of para-hydroxylation sites is 2. The Morgan fingerprint density at radius 2 is 0.745 bits per heavy atom. The molecule has 10 heteroatoms. The summed E-state index contributed by atoms with van der Waals surface area (Å²) in [6.45, 7) is 6.09. The van der Waals surface area contributed by atoms with Crippen molar-refractivity contribution in [2.45, 2.75) is 45.5 Å². The molecule has 2 heterocycles. The highest BCUT2D eigenvalue weighted by molar-refractivity contribution is 7.16. The van der Waals surface area contributed by atoms with Gasteiger partial charge in [0.05, 0.1) is 0 Å². The lowest BCUT2D eigenvalue weighted by atomic mass is 9.90. The zero-order valence-corrected chi connectivity index (χ0v) is 29.6. The van der Waals surface area contributed by atoms with Crippen molar-refractivity contribution in [3.8, 4) is 20.9 Å². The van der Waals surface area contributed by atoms with Gasteiger partial charge in [-0.05, 0) is 98.5 Å². The molecule has 1 aliphatic carbocycles. The first-order valence-electron chi connectivity index (χ1n) is 16.2. The topological polar surface area (TPSA) is 24.1 Å². The van der Waals surface area contributed by atoms with E-state index >= 15 is 26.3 Å². The summed E-state index contributed by atoms with van der Waals surface area (Å²) >= 11 is 2.24. The van der Waals surface area contributed by atoms with Gasteiger partial charge in [-0.2, -0.15) is 26.3 Å². The lowest BCUT2D eigenvalue weighted by Gasteiger charge is -2.26. The summed E-state index contributed by atoms with van der Waals surface area (Å²) in [5.74, 6) is -15.9. The molecule has 2 N–H and O–H groups in total. The highest BCUT2D eigenvalue weighted by Gasteiger charge is 2.80. The summed E-state index contributed by atoms with van der Waals surface area (Å²) in [6, 6.07) is 33.4. The predicted octanol–water partition coefficient (Wildman–Crippen LogP) is 13.7. The number of aryl methyl sites for hydroxylation is 2. The second-order valence-electron chi connectivity index (χ2n) is 12.6. The molecule has 0 spiro atoms. The number of hydrogen-bond acceptors (Lipinski definition) is 4. The average Bonchev–Trinajstić information content (AvgIpc) is 3.60. The van der Waals surface area contributed by atoms with Crippen molar-refractivity contribution in [1.82, 2.24) is 0 Å². The van der Waals surface area contributed by atoms with Gasteiger partial charge in [0.15, 0.2) is 0 Å². The molecule has 2 nitrogen and oxygen atoms in total. The van der Waals surface area contributed by atoms with Crippen LogP contribution in [0.3, 0.4) is 0 Å². The molecule has 6 aromatic rings. The average molecular weight is 731 g/mol. The van der Waals surface area contributed by atoms with Gasteiger partial charge in [-0.25, -0.2) is 0 Å². The number of halogens is 6. The van der Waals surface area contributed by atoms with E-state index in [1.807, 2.05) is 84.9 Å². The van der Waals surface area contributed by atoms with E-state index in [1.165, 1.54) is 27.7 Å². The lowest BCUT2D eigenvalue weighted by molar-refractivity contribution is -0.254. The van der Waals surface area contributed by atoms with Crippen LogP contribution < -0.4 is 10.6 Å². The minimum atomic E-state index is -5.65. The Balaban J connectivity index is 1.32. The van der Waals surface area contributed by atoms with E-state index in [-0.39, 0.29) is 32.0 Å². The number of nitrogens with one attached hydrogen (secondary N) is 2. The van der Waals surface area contributed by atoms with Crippen molar-refractivity contribution in [3.63, 3.8) is 0 Å². The van der Waals surface area contributed by atoms with Crippen LogP contribution in [0.1, 0.15) is 32.0 Å². The molecule has 2 aromatic heterocycles. The fourth-order valence-electron chi connectivity index (χ4n) is 6.77. The van der Waals surface area contributed by atoms with E-state index in [0.29, 0.717) is 20.9 Å². The number of benzene rings is 4. The van der Waals surface area contributed by atoms with Crippen LogP contribution in [0, 0.1) is 27.7 Å². The number of anilines is 4. The summed E-state index contributed by atoms with van der Waals surface area (Å²) in [6.07, 6.45) is 0. The first-order valence-corrected chi connectivity index (χ1v) is 17.8. The summed E-state index contributed by atoms with van der Waals surface area (Å²) in [7, 11) is 0. The number of rotatable bonds is 8. The molecule has 0 unspecified atom stereocenters. The van der Waals surface area contributed by atoms with Crippen molar-refractivity contribution in [1.29, 1.82) is 0 Å². The molecule has 4 aromatic carbocycles. The number of allylic oxidation sites excluding steroid dienone is 2. The van der Waals surface area contributed by atoms with E-state index in [0.717, 1.165) is 45.4 Å². The molecular weight excluding hydrogens is 699 g/mol. The molecule has 1 aliphatic rings. The maximum absolute atomic E-state index is 16.1. The molecule has 0 fully saturated rings. The molecule has 0 saturated heterocycles. The molecule has 0 atom stereocenters. The fraction of sp³-hybridized carbons (Fsp3) is 0.171. The summed E-state index contributed by atoms with van der Waals surface area (Å²) in [5, 5.41) is 6.55. The van der Waals surface area contributed by atoms with Crippen LogP contribution >= 0.6 is 22.7 Å². The van der Waals surface area contributed by atoms with Crippen molar-refractivity contribution in [3.05, 3.63) is 141 Å². The highest BCUT2D eigenvalue weighted by Crippen LogP contribution is 2.67. The largest absolute Gasteiger partial charge is 0.380 e.